The van der Waals surface area contributed by atoms with Gasteiger partial charge in [0, 0.05) is 13.2 Å². The molecule has 2 aliphatic heterocycles. The van der Waals surface area contributed by atoms with Gasteiger partial charge in [-0.2, -0.15) is 0 Å². The molecule has 0 aliphatic carbocycles. The van der Waals surface area contributed by atoms with Crippen molar-refractivity contribution in [2.45, 2.75) is 30.7 Å². The average Bonchev–Trinajstić information content (AvgIpc) is 3.15. The summed E-state index contributed by atoms with van der Waals surface area (Å²) in [7, 11) is 0. The number of aliphatic imine (C=N–C) groups is 1. The van der Waals surface area contributed by atoms with Crippen LogP contribution < -0.4 is 0 Å². The molecule has 0 radical (unpaired) electrons. The normalized spacial score (nSPS) is 26.5. The first kappa shape index (κ1) is 16.1. The van der Waals surface area contributed by atoms with Crippen LogP contribution >= 0.6 is 11.6 Å². The molecule has 122 valence electrons. The van der Waals surface area contributed by atoms with Crippen molar-refractivity contribution in [3.63, 3.8) is 0 Å². The molecule has 0 N–H and O–H groups in total. The molecule has 2 aliphatic rings. The molecule has 1 unspecified atom stereocenters. The lowest BCUT2D eigenvalue weighted by atomic mass is 10.1. The predicted molar refractivity (Wildman–Crippen MR) is 87.8 cm³/mol. The Bertz CT molecular complexity index is 612. The minimum atomic E-state index is -0.973. The van der Waals surface area contributed by atoms with Crippen LogP contribution in [0.5, 0.6) is 0 Å². The van der Waals surface area contributed by atoms with Crippen LogP contribution in [0.1, 0.15) is 18.4 Å². The highest BCUT2D eigenvalue weighted by Crippen LogP contribution is 2.19. The lowest BCUT2D eigenvalue weighted by Gasteiger charge is -2.13. The van der Waals surface area contributed by atoms with Crippen LogP contribution in [0.15, 0.2) is 35.3 Å². The summed E-state index contributed by atoms with van der Waals surface area (Å²) in [6.45, 7) is 1.45. The molecule has 3 rings (SSSR count). The molecule has 0 saturated carbocycles. The molecule has 6 heteroatoms. The predicted octanol–water partition coefficient (Wildman–Crippen LogP) is 1.83. The summed E-state index contributed by atoms with van der Waals surface area (Å²) in [4.78, 5) is 30.1. The van der Waals surface area contributed by atoms with E-state index in [1.165, 1.54) is 4.90 Å². The van der Waals surface area contributed by atoms with Gasteiger partial charge in [0.05, 0.1) is 12.6 Å². The van der Waals surface area contributed by atoms with Gasteiger partial charge in [0.15, 0.2) is 5.38 Å². The summed E-state index contributed by atoms with van der Waals surface area (Å²) < 4.78 is 5.48. The van der Waals surface area contributed by atoms with Gasteiger partial charge in [-0.05, 0) is 24.8 Å². The summed E-state index contributed by atoms with van der Waals surface area (Å²) in [5, 5.41) is -0.973. The van der Waals surface area contributed by atoms with Crippen molar-refractivity contribution in [2.75, 3.05) is 19.7 Å². The van der Waals surface area contributed by atoms with E-state index in [4.69, 9.17) is 16.3 Å². The Morgan fingerprint density at radius 1 is 1.26 bits per heavy atom. The number of amides is 2. The van der Waals surface area contributed by atoms with Crippen LogP contribution in [0, 0.1) is 0 Å². The number of benzene rings is 1. The van der Waals surface area contributed by atoms with Crippen molar-refractivity contribution in [3.05, 3.63) is 35.9 Å². The van der Waals surface area contributed by atoms with Gasteiger partial charge in [-0.1, -0.05) is 30.3 Å². The molecule has 1 aromatic rings. The van der Waals surface area contributed by atoms with Gasteiger partial charge in [0.2, 0.25) is 0 Å². The first-order valence-corrected chi connectivity index (χ1v) is 8.30. The topological polar surface area (TPSA) is 59.0 Å². The van der Waals surface area contributed by atoms with E-state index in [-0.39, 0.29) is 23.6 Å². The maximum Gasteiger partial charge on any atom is 0.276 e. The lowest BCUT2D eigenvalue weighted by molar-refractivity contribution is -0.136. The van der Waals surface area contributed by atoms with Crippen molar-refractivity contribution in [1.29, 1.82) is 0 Å². The fraction of sp³-hybridized carbons (Fsp3) is 0.471. The Balaban J connectivity index is 1.64. The Morgan fingerprint density at radius 3 is 2.74 bits per heavy atom. The van der Waals surface area contributed by atoms with Crippen molar-refractivity contribution < 1.29 is 14.3 Å². The number of carbonyl (C=O) groups excluding carboxylic acids is 2. The summed E-state index contributed by atoms with van der Waals surface area (Å²) in [6, 6.07) is 9.73. The number of halogens is 1. The summed E-state index contributed by atoms with van der Waals surface area (Å²) in [5.41, 5.74) is 1.23. The molecule has 2 amide bonds. The second-order valence-electron chi connectivity index (χ2n) is 5.75. The fourth-order valence-corrected chi connectivity index (χ4v) is 3.11. The number of rotatable bonds is 5. The van der Waals surface area contributed by atoms with Crippen LogP contribution in [0.2, 0.25) is 0 Å². The van der Waals surface area contributed by atoms with Crippen LogP contribution in [-0.4, -0.2) is 53.6 Å². The number of hydrogen-bond donors (Lipinski definition) is 0. The SMILES string of the molecule is O=C1C(=NC[C@H]2CCCO2)C(Cl)C(=O)N1CCc1ccccc1. The molecular weight excluding hydrogens is 316 g/mol. The van der Waals surface area contributed by atoms with E-state index in [1.807, 2.05) is 30.3 Å². The molecule has 0 bridgehead atoms. The van der Waals surface area contributed by atoms with Gasteiger partial charge in [-0.3, -0.25) is 19.5 Å². The lowest BCUT2D eigenvalue weighted by Crippen LogP contribution is -2.33. The third-order valence-electron chi connectivity index (χ3n) is 4.14. The third-order valence-corrected chi connectivity index (χ3v) is 4.54. The summed E-state index contributed by atoms with van der Waals surface area (Å²) >= 11 is 6.10. The van der Waals surface area contributed by atoms with Crippen molar-refractivity contribution in [1.82, 2.24) is 4.90 Å². The Kier molecular flexibility index (Phi) is 5.08. The average molecular weight is 335 g/mol. The largest absolute Gasteiger partial charge is 0.376 e. The number of alkyl halides is 1. The van der Waals surface area contributed by atoms with E-state index in [1.54, 1.807) is 0 Å². The molecule has 1 aromatic carbocycles. The van der Waals surface area contributed by atoms with E-state index >= 15 is 0 Å². The summed E-state index contributed by atoms with van der Waals surface area (Å²) in [6.07, 6.45) is 2.59. The Morgan fingerprint density at radius 2 is 2.04 bits per heavy atom. The molecule has 2 saturated heterocycles. The fourth-order valence-electron chi connectivity index (χ4n) is 2.83. The van der Waals surface area contributed by atoms with Gasteiger partial charge in [-0.15, -0.1) is 11.6 Å². The first-order valence-electron chi connectivity index (χ1n) is 7.86. The molecule has 2 heterocycles. The zero-order valence-electron chi connectivity index (χ0n) is 12.8. The van der Waals surface area contributed by atoms with E-state index in [2.05, 4.69) is 4.99 Å². The van der Waals surface area contributed by atoms with Crippen molar-refractivity contribution in [3.8, 4) is 0 Å². The molecule has 23 heavy (non-hydrogen) atoms. The molecule has 0 aromatic heterocycles. The van der Waals surface area contributed by atoms with Crippen molar-refractivity contribution in [2.24, 2.45) is 4.99 Å². The quantitative estimate of drug-likeness (QED) is 0.609. The number of imide groups is 1. The Labute approximate surface area is 140 Å². The molecule has 5 nitrogen and oxygen atoms in total. The number of nitrogens with zero attached hydrogens (tertiary/aromatic N) is 2. The third kappa shape index (κ3) is 3.62. The van der Waals surface area contributed by atoms with Crippen LogP contribution in [-0.2, 0) is 20.7 Å². The van der Waals surface area contributed by atoms with E-state index in [0.29, 0.717) is 19.5 Å². The summed E-state index contributed by atoms with van der Waals surface area (Å²) in [5.74, 6) is -0.748. The van der Waals surface area contributed by atoms with Crippen LogP contribution in [0.4, 0.5) is 0 Å². The van der Waals surface area contributed by atoms with Gasteiger partial charge in [0.1, 0.15) is 5.71 Å². The van der Waals surface area contributed by atoms with E-state index in [0.717, 1.165) is 25.0 Å². The monoisotopic (exact) mass is 334 g/mol. The molecule has 0 spiro atoms. The molecule has 2 atom stereocenters. The number of likely N-dealkylation sites (tertiary alicyclic amines) is 1. The van der Waals surface area contributed by atoms with Crippen LogP contribution in [0.3, 0.4) is 0 Å². The van der Waals surface area contributed by atoms with Crippen molar-refractivity contribution >= 4 is 29.1 Å². The zero-order valence-corrected chi connectivity index (χ0v) is 13.5. The minimum absolute atomic E-state index is 0.0348. The number of hydrogen-bond acceptors (Lipinski definition) is 4. The molecular formula is C17H19ClN2O3. The van der Waals surface area contributed by atoms with E-state index in [9.17, 15) is 9.59 Å². The first-order chi connectivity index (χ1) is 11.2. The van der Waals surface area contributed by atoms with Gasteiger partial charge < -0.3 is 4.74 Å². The highest BCUT2D eigenvalue weighted by molar-refractivity contribution is 6.63. The standard InChI is InChI=1S/C17H19ClN2O3/c18-14-15(19-11-13-7-4-10-23-13)17(22)20(16(14)21)9-8-12-5-2-1-3-6-12/h1-3,5-6,13-14H,4,7-11H2/t13-,14?/m1/s1. The maximum absolute atomic E-state index is 12.4. The van der Waals surface area contributed by atoms with E-state index < -0.39 is 5.38 Å². The Hall–Kier alpha value is -1.72. The minimum Gasteiger partial charge on any atom is -0.376 e. The molecule has 2 fully saturated rings. The van der Waals surface area contributed by atoms with Gasteiger partial charge in [0.25, 0.3) is 11.8 Å². The van der Waals surface area contributed by atoms with Gasteiger partial charge >= 0.3 is 0 Å². The van der Waals surface area contributed by atoms with Crippen LogP contribution in [0.25, 0.3) is 0 Å². The second-order valence-corrected chi connectivity index (χ2v) is 6.19. The van der Waals surface area contributed by atoms with Gasteiger partial charge in [-0.25, -0.2) is 0 Å². The number of carbonyl (C=O) groups is 2. The smallest absolute Gasteiger partial charge is 0.276 e. The second kappa shape index (κ2) is 7.23. The zero-order chi connectivity index (χ0) is 16.2. The highest BCUT2D eigenvalue weighted by atomic mass is 35.5. The highest BCUT2D eigenvalue weighted by Gasteiger charge is 2.43. The maximum atomic E-state index is 12.4. The number of ether oxygens (including phenoxy) is 1.